The lowest BCUT2D eigenvalue weighted by Gasteiger charge is -2.29. The standard InChI is InChI=1S/C12H14FN3O5/c1-2-11(5-13)8(18)9(19)12(6-14,21-11)16-4-3-7(17)15-10(16)20/h3-4,8-9,18-19H,2,5H2,1H3,(H,15,17,20)/t8-,9+,11-,12+/m0/s1. The first-order valence-electron chi connectivity index (χ1n) is 6.23. The van der Waals surface area contributed by atoms with Crippen LogP contribution in [0.15, 0.2) is 21.9 Å². The van der Waals surface area contributed by atoms with E-state index in [1.807, 2.05) is 4.98 Å². The Hall–Kier alpha value is -2.02. The van der Waals surface area contributed by atoms with Crippen LogP contribution in [0.3, 0.4) is 0 Å². The largest absolute Gasteiger partial charge is 0.387 e. The van der Waals surface area contributed by atoms with Gasteiger partial charge < -0.3 is 14.9 Å². The Balaban J connectivity index is 2.66. The summed E-state index contributed by atoms with van der Waals surface area (Å²) in [6.07, 6.45) is -2.64. The van der Waals surface area contributed by atoms with Crippen LogP contribution in [0.4, 0.5) is 4.39 Å². The van der Waals surface area contributed by atoms with Gasteiger partial charge in [-0.3, -0.25) is 14.3 Å². The van der Waals surface area contributed by atoms with Crippen molar-refractivity contribution in [2.45, 2.75) is 36.9 Å². The van der Waals surface area contributed by atoms with E-state index in [0.29, 0.717) is 4.57 Å². The zero-order valence-electron chi connectivity index (χ0n) is 11.1. The summed E-state index contributed by atoms with van der Waals surface area (Å²) in [7, 11) is 0. The third kappa shape index (κ3) is 1.99. The summed E-state index contributed by atoms with van der Waals surface area (Å²) in [5.74, 6) is 0. The van der Waals surface area contributed by atoms with Crippen molar-refractivity contribution in [3.05, 3.63) is 33.1 Å². The number of alkyl halides is 1. The number of aliphatic hydroxyl groups excluding tert-OH is 2. The monoisotopic (exact) mass is 299 g/mol. The predicted octanol–water partition coefficient (Wildman–Crippen LogP) is -1.42. The van der Waals surface area contributed by atoms with Gasteiger partial charge in [0.15, 0.2) is 0 Å². The number of hydrogen-bond acceptors (Lipinski definition) is 6. The molecular weight excluding hydrogens is 285 g/mol. The third-order valence-corrected chi connectivity index (χ3v) is 3.76. The molecule has 4 atom stereocenters. The fourth-order valence-corrected chi connectivity index (χ4v) is 2.43. The van der Waals surface area contributed by atoms with Crippen molar-refractivity contribution >= 4 is 0 Å². The first-order chi connectivity index (χ1) is 9.86. The molecule has 3 N–H and O–H groups in total. The molecule has 1 aromatic rings. The van der Waals surface area contributed by atoms with Crippen LogP contribution in [0, 0.1) is 11.3 Å². The first-order valence-corrected chi connectivity index (χ1v) is 6.23. The summed E-state index contributed by atoms with van der Waals surface area (Å²) in [5, 5.41) is 29.5. The van der Waals surface area contributed by atoms with Crippen molar-refractivity contribution in [1.82, 2.24) is 9.55 Å². The lowest BCUT2D eigenvalue weighted by molar-refractivity contribution is -0.154. The highest BCUT2D eigenvalue weighted by atomic mass is 19.1. The lowest BCUT2D eigenvalue weighted by Crippen LogP contribution is -2.50. The minimum atomic E-state index is -2.32. The number of nitrogens with one attached hydrogen (secondary N) is 1. The second-order valence-corrected chi connectivity index (χ2v) is 4.83. The number of nitrogens with zero attached hydrogens (tertiary/aromatic N) is 2. The van der Waals surface area contributed by atoms with Crippen LogP contribution in [0.5, 0.6) is 0 Å². The topological polar surface area (TPSA) is 128 Å². The van der Waals surface area contributed by atoms with Crippen LogP contribution in [0.1, 0.15) is 13.3 Å². The van der Waals surface area contributed by atoms with Crippen LogP contribution < -0.4 is 11.2 Å². The summed E-state index contributed by atoms with van der Waals surface area (Å²) < 4.78 is 19.2. The Kier molecular flexibility index (Phi) is 3.71. The van der Waals surface area contributed by atoms with E-state index in [9.17, 15) is 29.5 Å². The normalized spacial score (nSPS) is 35.6. The second-order valence-electron chi connectivity index (χ2n) is 4.83. The highest BCUT2D eigenvalue weighted by molar-refractivity contribution is 5.16. The van der Waals surface area contributed by atoms with E-state index in [0.717, 1.165) is 12.3 Å². The molecule has 8 nitrogen and oxygen atoms in total. The maximum Gasteiger partial charge on any atom is 0.331 e. The first kappa shape index (κ1) is 15.4. The number of H-pyrrole nitrogens is 1. The molecule has 1 aliphatic heterocycles. The average Bonchev–Trinajstić information content (AvgIpc) is 2.70. The Bertz CT molecular complexity index is 689. The molecule has 114 valence electrons. The van der Waals surface area contributed by atoms with Gasteiger partial charge in [-0.2, -0.15) is 5.26 Å². The van der Waals surface area contributed by atoms with Gasteiger partial charge in [0.1, 0.15) is 30.6 Å². The lowest BCUT2D eigenvalue weighted by atomic mass is 9.92. The molecular formula is C12H14FN3O5. The quantitative estimate of drug-likeness (QED) is 0.628. The molecule has 1 fully saturated rings. The summed E-state index contributed by atoms with van der Waals surface area (Å²) in [6.45, 7) is 0.363. The second kappa shape index (κ2) is 5.07. The molecule has 21 heavy (non-hydrogen) atoms. The van der Waals surface area contributed by atoms with E-state index in [1.165, 1.54) is 6.92 Å². The molecule has 1 aliphatic rings. The van der Waals surface area contributed by atoms with Crippen molar-refractivity contribution in [2.75, 3.05) is 6.67 Å². The Morgan fingerprint density at radius 2 is 2.19 bits per heavy atom. The summed E-state index contributed by atoms with van der Waals surface area (Å²) >= 11 is 0. The zero-order valence-corrected chi connectivity index (χ0v) is 11.1. The maximum atomic E-state index is 13.3. The number of hydrogen-bond donors (Lipinski definition) is 3. The smallest absolute Gasteiger partial charge is 0.331 e. The molecule has 2 heterocycles. The average molecular weight is 299 g/mol. The Morgan fingerprint density at radius 1 is 1.52 bits per heavy atom. The van der Waals surface area contributed by atoms with E-state index >= 15 is 0 Å². The van der Waals surface area contributed by atoms with Gasteiger partial charge in [-0.15, -0.1) is 0 Å². The van der Waals surface area contributed by atoms with E-state index in [4.69, 9.17) is 4.74 Å². The highest BCUT2D eigenvalue weighted by Gasteiger charge is 2.63. The van der Waals surface area contributed by atoms with E-state index in [1.54, 1.807) is 6.07 Å². The van der Waals surface area contributed by atoms with Crippen LogP contribution >= 0.6 is 0 Å². The van der Waals surface area contributed by atoms with Gasteiger partial charge in [-0.25, -0.2) is 9.18 Å². The molecule has 9 heteroatoms. The van der Waals surface area contributed by atoms with Gasteiger partial charge >= 0.3 is 5.69 Å². The molecule has 0 unspecified atom stereocenters. The maximum absolute atomic E-state index is 13.3. The van der Waals surface area contributed by atoms with Crippen molar-refractivity contribution in [3.63, 3.8) is 0 Å². The number of aromatic amines is 1. The molecule has 0 spiro atoms. The van der Waals surface area contributed by atoms with E-state index < -0.39 is 41.5 Å². The molecule has 0 radical (unpaired) electrons. The molecule has 1 saturated heterocycles. The Labute approximate surface area is 118 Å². The highest BCUT2D eigenvalue weighted by Crippen LogP contribution is 2.42. The zero-order chi connectivity index (χ0) is 15.8. The van der Waals surface area contributed by atoms with Crippen molar-refractivity contribution < 1.29 is 19.3 Å². The minimum absolute atomic E-state index is 0.0245. The van der Waals surface area contributed by atoms with Gasteiger partial charge in [0.2, 0.25) is 0 Å². The SMILES string of the molecule is CC[C@@]1(CF)O[C@@](C#N)(n2ccc(=O)[nH]c2=O)[C@H](O)[C@@H]1O. The number of nitriles is 1. The van der Waals surface area contributed by atoms with Crippen molar-refractivity contribution in [3.8, 4) is 6.07 Å². The minimum Gasteiger partial charge on any atom is -0.387 e. The van der Waals surface area contributed by atoms with Crippen molar-refractivity contribution in [2.24, 2.45) is 0 Å². The summed E-state index contributed by atoms with van der Waals surface area (Å²) in [5.41, 5.74) is -5.83. The molecule has 0 aromatic carbocycles. The van der Waals surface area contributed by atoms with Crippen molar-refractivity contribution in [1.29, 1.82) is 5.26 Å². The van der Waals surface area contributed by atoms with Crippen LogP contribution in [-0.2, 0) is 10.5 Å². The number of aromatic nitrogens is 2. The predicted molar refractivity (Wildman–Crippen MR) is 67.0 cm³/mol. The van der Waals surface area contributed by atoms with E-state index in [-0.39, 0.29) is 6.42 Å². The number of aliphatic hydroxyl groups is 2. The van der Waals surface area contributed by atoms with Gasteiger partial charge in [0, 0.05) is 12.3 Å². The Morgan fingerprint density at radius 3 is 2.62 bits per heavy atom. The molecule has 0 amide bonds. The van der Waals surface area contributed by atoms with Crippen LogP contribution in [0.25, 0.3) is 0 Å². The summed E-state index contributed by atoms with van der Waals surface area (Å²) in [6, 6.07) is 2.55. The molecule has 0 bridgehead atoms. The molecule has 0 aliphatic carbocycles. The number of halogens is 1. The van der Waals surface area contributed by atoms with Gasteiger partial charge in [-0.05, 0) is 6.42 Å². The third-order valence-electron chi connectivity index (χ3n) is 3.76. The fourth-order valence-electron chi connectivity index (χ4n) is 2.43. The molecule has 1 aromatic heterocycles. The fraction of sp³-hybridized carbons (Fsp3) is 0.583. The van der Waals surface area contributed by atoms with Gasteiger partial charge in [-0.1, -0.05) is 6.92 Å². The number of rotatable bonds is 3. The number of ether oxygens (including phenoxy) is 1. The van der Waals surface area contributed by atoms with E-state index in [2.05, 4.69) is 0 Å². The van der Waals surface area contributed by atoms with Gasteiger partial charge in [0.25, 0.3) is 11.3 Å². The molecule has 0 saturated carbocycles. The molecule has 2 rings (SSSR count). The summed E-state index contributed by atoms with van der Waals surface area (Å²) in [4.78, 5) is 24.8. The van der Waals surface area contributed by atoms with Crippen LogP contribution in [-0.4, -0.2) is 44.2 Å². The van der Waals surface area contributed by atoms with Gasteiger partial charge in [0.05, 0.1) is 0 Å². The van der Waals surface area contributed by atoms with Crippen LogP contribution in [0.2, 0.25) is 0 Å².